The number of aliphatic hydroxyl groups excluding tert-OH is 1. The topological polar surface area (TPSA) is 46.0 Å². The lowest BCUT2D eigenvalue weighted by atomic mass is 9.97. The van der Waals surface area contributed by atoms with Gasteiger partial charge in [0.2, 0.25) is 0 Å². The van der Waals surface area contributed by atoms with E-state index >= 15 is 0 Å². The molecule has 1 aromatic heterocycles. The summed E-state index contributed by atoms with van der Waals surface area (Å²) in [5.41, 5.74) is 5.91. The second kappa shape index (κ2) is 5.93. The first-order valence-corrected chi connectivity index (χ1v) is 6.63. The maximum atomic E-state index is 8.88. The van der Waals surface area contributed by atoms with Crippen LogP contribution in [0.1, 0.15) is 28.9 Å². The molecule has 0 aliphatic rings. The van der Waals surface area contributed by atoms with Gasteiger partial charge in [-0.15, -0.1) is 0 Å². The summed E-state index contributed by atoms with van der Waals surface area (Å²) in [6, 6.07) is 6.31. The number of aromatic nitrogens is 2. The summed E-state index contributed by atoms with van der Waals surface area (Å²) in [5, 5.41) is 8.88. The lowest BCUT2D eigenvalue weighted by molar-refractivity contribution is 0.287. The fourth-order valence-corrected chi connectivity index (χ4v) is 2.48. The molecule has 0 amide bonds. The number of benzene rings is 1. The molecule has 0 bridgehead atoms. The van der Waals surface area contributed by atoms with Crippen molar-refractivity contribution in [2.45, 2.75) is 33.6 Å². The summed E-state index contributed by atoms with van der Waals surface area (Å²) < 4.78 is 0. The van der Waals surface area contributed by atoms with Crippen LogP contribution in [0.15, 0.2) is 24.4 Å². The van der Waals surface area contributed by atoms with Crippen LogP contribution < -0.4 is 0 Å². The van der Waals surface area contributed by atoms with Crippen LogP contribution in [-0.2, 0) is 6.42 Å². The van der Waals surface area contributed by atoms with Crippen LogP contribution in [0, 0.1) is 20.8 Å². The summed E-state index contributed by atoms with van der Waals surface area (Å²) in [6.07, 6.45) is 3.22. The molecule has 0 saturated carbocycles. The first-order valence-electron chi connectivity index (χ1n) is 6.63. The molecular weight excluding hydrogens is 236 g/mol. The van der Waals surface area contributed by atoms with Crippen molar-refractivity contribution < 1.29 is 5.11 Å². The fourth-order valence-electron chi connectivity index (χ4n) is 2.48. The van der Waals surface area contributed by atoms with E-state index in [1.807, 2.05) is 6.07 Å². The first kappa shape index (κ1) is 13.7. The molecule has 0 fully saturated rings. The van der Waals surface area contributed by atoms with Gasteiger partial charge in [-0.25, -0.2) is 9.97 Å². The lowest BCUT2D eigenvalue weighted by Gasteiger charge is -2.11. The monoisotopic (exact) mass is 256 g/mol. The maximum Gasteiger partial charge on any atom is 0.129 e. The van der Waals surface area contributed by atoms with E-state index in [0.29, 0.717) is 12.8 Å². The largest absolute Gasteiger partial charge is 0.396 e. The summed E-state index contributed by atoms with van der Waals surface area (Å²) in [6.45, 7) is 6.52. The summed E-state index contributed by atoms with van der Waals surface area (Å²) in [5.74, 6) is 0.797. The normalized spacial score (nSPS) is 10.7. The number of hydrogen-bond donors (Lipinski definition) is 1. The maximum absolute atomic E-state index is 8.88. The van der Waals surface area contributed by atoms with Crippen molar-refractivity contribution in [2.24, 2.45) is 0 Å². The van der Waals surface area contributed by atoms with Crippen molar-refractivity contribution in [2.75, 3.05) is 6.61 Å². The van der Waals surface area contributed by atoms with Crippen LogP contribution in [0.5, 0.6) is 0 Å². The van der Waals surface area contributed by atoms with Gasteiger partial charge < -0.3 is 5.11 Å². The quantitative estimate of drug-likeness (QED) is 0.914. The van der Waals surface area contributed by atoms with Crippen LogP contribution in [-0.4, -0.2) is 21.7 Å². The van der Waals surface area contributed by atoms with Crippen molar-refractivity contribution in [1.82, 2.24) is 9.97 Å². The van der Waals surface area contributed by atoms with Crippen LogP contribution in [0.2, 0.25) is 0 Å². The van der Waals surface area contributed by atoms with Gasteiger partial charge in [-0.2, -0.15) is 0 Å². The van der Waals surface area contributed by atoms with Crippen molar-refractivity contribution in [3.63, 3.8) is 0 Å². The van der Waals surface area contributed by atoms with Gasteiger partial charge in [-0.3, -0.25) is 0 Å². The summed E-state index contributed by atoms with van der Waals surface area (Å²) in [7, 11) is 0. The Labute approximate surface area is 114 Å². The molecule has 0 aliphatic heterocycles. The van der Waals surface area contributed by atoms with Gasteiger partial charge >= 0.3 is 0 Å². The van der Waals surface area contributed by atoms with Crippen molar-refractivity contribution >= 4 is 0 Å². The van der Waals surface area contributed by atoms with Crippen molar-refractivity contribution in [3.05, 3.63) is 46.9 Å². The number of hydrogen-bond acceptors (Lipinski definition) is 3. The van der Waals surface area contributed by atoms with Gasteiger partial charge in [0.15, 0.2) is 0 Å². The molecule has 0 atom stereocenters. The molecule has 3 nitrogen and oxygen atoms in total. The number of aryl methyl sites for hydroxylation is 4. The van der Waals surface area contributed by atoms with E-state index in [4.69, 9.17) is 5.11 Å². The molecular formula is C16H20N2O. The van der Waals surface area contributed by atoms with Crippen molar-refractivity contribution in [3.8, 4) is 11.3 Å². The second-order valence-corrected chi connectivity index (χ2v) is 4.96. The Balaban J connectivity index is 2.42. The zero-order valence-electron chi connectivity index (χ0n) is 11.8. The third-order valence-corrected chi connectivity index (χ3v) is 3.20. The summed E-state index contributed by atoms with van der Waals surface area (Å²) in [4.78, 5) is 8.87. The van der Waals surface area contributed by atoms with Gasteiger partial charge in [0.25, 0.3) is 0 Å². The molecule has 1 N–H and O–H groups in total. The zero-order chi connectivity index (χ0) is 13.8. The van der Waals surface area contributed by atoms with Gasteiger partial charge in [0.05, 0.1) is 5.69 Å². The van der Waals surface area contributed by atoms with Crippen LogP contribution in [0.25, 0.3) is 11.3 Å². The highest BCUT2D eigenvalue weighted by Gasteiger charge is 2.09. The Morgan fingerprint density at radius 2 is 1.79 bits per heavy atom. The minimum absolute atomic E-state index is 0.177. The van der Waals surface area contributed by atoms with Gasteiger partial charge in [0.1, 0.15) is 5.82 Å². The molecule has 2 rings (SSSR count). The van der Waals surface area contributed by atoms with E-state index in [0.717, 1.165) is 11.5 Å². The standard InChI is InChI=1S/C16H20N2O/c1-11-9-12(2)16(13(3)10-11)14-6-7-17-15(18-14)5-4-8-19/h6-7,9-10,19H,4-5,8H2,1-3H3. The molecule has 0 spiro atoms. The van der Waals surface area contributed by atoms with E-state index in [1.54, 1.807) is 6.20 Å². The Hall–Kier alpha value is -1.74. The number of aliphatic hydroxyl groups is 1. The average molecular weight is 256 g/mol. The molecule has 3 heteroatoms. The van der Waals surface area contributed by atoms with E-state index in [2.05, 4.69) is 42.9 Å². The van der Waals surface area contributed by atoms with Crippen LogP contribution in [0.4, 0.5) is 0 Å². The van der Waals surface area contributed by atoms with E-state index in [-0.39, 0.29) is 6.61 Å². The van der Waals surface area contributed by atoms with Gasteiger partial charge in [0, 0.05) is 24.8 Å². The van der Waals surface area contributed by atoms with E-state index < -0.39 is 0 Å². The van der Waals surface area contributed by atoms with E-state index in [1.165, 1.54) is 22.3 Å². The fraction of sp³-hybridized carbons (Fsp3) is 0.375. The Morgan fingerprint density at radius 1 is 1.11 bits per heavy atom. The molecule has 0 radical (unpaired) electrons. The minimum atomic E-state index is 0.177. The van der Waals surface area contributed by atoms with Crippen molar-refractivity contribution in [1.29, 1.82) is 0 Å². The molecule has 0 saturated heterocycles. The third-order valence-electron chi connectivity index (χ3n) is 3.20. The molecule has 0 unspecified atom stereocenters. The highest BCUT2D eigenvalue weighted by molar-refractivity contribution is 5.67. The smallest absolute Gasteiger partial charge is 0.129 e. The molecule has 1 heterocycles. The van der Waals surface area contributed by atoms with E-state index in [9.17, 15) is 0 Å². The van der Waals surface area contributed by atoms with Gasteiger partial charge in [-0.05, 0) is 44.4 Å². The number of rotatable bonds is 4. The van der Waals surface area contributed by atoms with Crippen LogP contribution in [0.3, 0.4) is 0 Å². The minimum Gasteiger partial charge on any atom is -0.396 e. The molecule has 0 aliphatic carbocycles. The third kappa shape index (κ3) is 3.18. The Morgan fingerprint density at radius 3 is 2.42 bits per heavy atom. The predicted octanol–water partition coefficient (Wildman–Crippen LogP) is 2.99. The predicted molar refractivity (Wildman–Crippen MR) is 77.1 cm³/mol. The average Bonchev–Trinajstić information content (AvgIpc) is 2.35. The zero-order valence-corrected chi connectivity index (χ0v) is 11.8. The molecule has 2 aromatic rings. The van der Waals surface area contributed by atoms with Crippen LogP contribution >= 0.6 is 0 Å². The SMILES string of the molecule is Cc1cc(C)c(-c2ccnc(CCCO)n2)c(C)c1. The second-order valence-electron chi connectivity index (χ2n) is 4.96. The molecule has 1 aromatic carbocycles. The highest BCUT2D eigenvalue weighted by atomic mass is 16.2. The highest BCUT2D eigenvalue weighted by Crippen LogP contribution is 2.26. The number of nitrogens with zero attached hydrogens (tertiary/aromatic N) is 2. The molecule has 100 valence electrons. The lowest BCUT2D eigenvalue weighted by Crippen LogP contribution is -2.00. The molecule has 19 heavy (non-hydrogen) atoms. The Kier molecular flexibility index (Phi) is 4.27. The van der Waals surface area contributed by atoms with Gasteiger partial charge in [-0.1, -0.05) is 17.7 Å². The Bertz CT molecular complexity index is 556. The summed E-state index contributed by atoms with van der Waals surface area (Å²) >= 11 is 0. The first-order chi connectivity index (χ1) is 9.11.